The van der Waals surface area contributed by atoms with Crippen molar-refractivity contribution in [1.29, 1.82) is 0 Å². The summed E-state index contributed by atoms with van der Waals surface area (Å²) in [4.78, 5) is 8.21. The molecule has 0 atom stereocenters. The lowest BCUT2D eigenvalue weighted by Crippen LogP contribution is -2.16. The average Bonchev–Trinajstić information content (AvgIpc) is 2.48. The number of fused-ring (bicyclic) bond motifs is 1. The number of aromatic nitrogens is 2. The summed E-state index contributed by atoms with van der Waals surface area (Å²) in [6, 6.07) is 8.51. The summed E-state index contributed by atoms with van der Waals surface area (Å²) in [7, 11) is 0. The van der Waals surface area contributed by atoms with Crippen molar-refractivity contribution in [2.45, 2.75) is 6.36 Å². The molecule has 0 saturated carbocycles. The van der Waals surface area contributed by atoms with E-state index in [4.69, 9.17) is 0 Å². The summed E-state index contributed by atoms with van der Waals surface area (Å²) in [5.74, 6) is -0.311. The first-order valence-corrected chi connectivity index (χ1v) is 6.23. The molecule has 1 N–H and O–H groups in total. The van der Waals surface area contributed by atoms with Gasteiger partial charge in [-0.3, -0.25) is 4.98 Å². The first kappa shape index (κ1) is 14.1. The lowest BCUT2D eigenvalue weighted by molar-refractivity contribution is -0.274. The van der Waals surface area contributed by atoms with Gasteiger partial charge in [-0.25, -0.2) is 4.98 Å². The fraction of sp³-hybridized carbons (Fsp3) is 0.0667. The van der Waals surface area contributed by atoms with E-state index in [1.54, 1.807) is 6.07 Å². The highest BCUT2D eigenvalue weighted by Crippen LogP contribution is 2.32. The molecule has 22 heavy (non-hydrogen) atoms. The van der Waals surface area contributed by atoms with Crippen LogP contribution >= 0.6 is 0 Å². The molecule has 1 aromatic heterocycles. The van der Waals surface area contributed by atoms with Crippen LogP contribution in [0.1, 0.15) is 0 Å². The highest BCUT2D eigenvalue weighted by atomic mass is 19.4. The molecule has 4 nitrogen and oxygen atoms in total. The number of aromatic hydroxyl groups is 1. The van der Waals surface area contributed by atoms with Crippen LogP contribution in [0.25, 0.3) is 22.2 Å². The Morgan fingerprint density at radius 2 is 1.50 bits per heavy atom. The lowest BCUT2D eigenvalue weighted by Gasteiger charge is -2.10. The topological polar surface area (TPSA) is 55.2 Å². The number of rotatable bonds is 2. The smallest absolute Gasteiger partial charge is 0.506 e. The van der Waals surface area contributed by atoms with Crippen LogP contribution in [0.5, 0.6) is 11.5 Å². The third kappa shape index (κ3) is 2.78. The Balaban J connectivity index is 2.03. The molecular weight excluding hydrogens is 297 g/mol. The van der Waals surface area contributed by atoms with Crippen molar-refractivity contribution in [2.75, 3.05) is 0 Å². The maximum absolute atomic E-state index is 12.1. The molecule has 0 fully saturated rings. The van der Waals surface area contributed by atoms with Crippen LogP contribution in [0.2, 0.25) is 0 Å². The van der Waals surface area contributed by atoms with Crippen molar-refractivity contribution in [1.82, 2.24) is 9.97 Å². The van der Waals surface area contributed by atoms with Crippen molar-refractivity contribution in [2.24, 2.45) is 0 Å². The molecular formula is C15H9F3N2O2. The molecule has 0 aliphatic carbocycles. The number of phenols is 1. The van der Waals surface area contributed by atoms with Crippen molar-refractivity contribution in [3.8, 4) is 22.6 Å². The first-order valence-electron chi connectivity index (χ1n) is 6.23. The van der Waals surface area contributed by atoms with Gasteiger partial charge in [0.2, 0.25) is 0 Å². The second-order valence-electron chi connectivity index (χ2n) is 4.46. The molecule has 0 spiro atoms. The van der Waals surface area contributed by atoms with Crippen LogP contribution in [-0.4, -0.2) is 21.4 Å². The standard InChI is InChI=1S/C15H9F3N2O2/c16-15(17,18)22-10-3-1-9(2-4-10)11-5-6-12(21)14-13(11)19-7-8-20-14/h1-8,21H. The third-order valence-electron chi connectivity index (χ3n) is 3.00. The van der Waals surface area contributed by atoms with Gasteiger partial charge >= 0.3 is 6.36 Å². The van der Waals surface area contributed by atoms with Crippen molar-refractivity contribution in [3.05, 3.63) is 48.8 Å². The summed E-state index contributed by atoms with van der Waals surface area (Å²) in [6.07, 6.45) is -1.79. The van der Waals surface area contributed by atoms with E-state index in [2.05, 4.69) is 14.7 Å². The van der Waals surface area contributed by atoms with E-state index in [1.165, 1.54) is 42.7 Å². The van der Waals surface area contributed by atoms with E-state index < -0.39 is 6.36 Å². The molecule has 0 aliphatic rings. The molecule has 0 saturated heterocycles. The zero-order chi connectivity index (χ0) is 15.7. The van der Waals surface area contributed by atoms with E-state index in [0.717, 1.165) is 0 Å². The first-order chi connectivity index (χ1) is 10.4. The van der Waals surface area contributed by atoms with Gasteiger partial charge in [0.25, 0.3) is 0 Å². The van der Waals surface area contributed by atoms with Gasteiger partial charge < -0.3 is 9.84 Å². The van der Waals surface area contributed by atoms with Gasteiger partial charge in [-0.2, -0.15) is 0 Å². The Bertz CT molecular complexity index is 817. The Kier molecular flexibility index (Phi) is 3.32. The maximum Gasteiger partial charge on any atom is 0.573 e. The molecule has 112 valence electrons. The SMILES string of the molecule is Oc1ccc(-c2ccc(OC(F)(F)F)cc2)c2nccnc12. The second kappa shape index (κ2) is 5.18. The molecule has 0 radical (unpaired) electrons. The zero-order valence-electron chi connectivity index (χ0n) is 11.0. The Morgan fingerprint density at radius 1 is 0.864 bits per heavy atom. The van der Waals surface area contributed by atoms with E-state index in [1.807, 2.05) is 0 Å². The highest BCUT2D eigenvalue weighted by Gasteiger charge is 2.31. The monoisotopic (exact) mass is 306 g/mol. The highest BCUT2D eigenvalue weighted by molar-refractivity contribution is 5.94. The summed E-state index contributed by atoms with van der Waals surface area (Å²) < 4.78 is 40.3. The lowest BCUT2D eigenvalue weighted by atomic mass is 10.0. The molecule has 1 heterocycles. The molecule has 3 rings (SSSR count). The van der Waals surface area contributed by atoms with Gasteiger partial charge in [0, 0.05) is 18.0 Å². The van der Waals surface area contributed by atoms with Crippen LogP contribution < -0.4 is 4.74 Å². The summed E-state index contributed by atoms with van der Waals surface area (Å²) in [5.41, 5.74) is 2.09. The number of hydrogen-bond donors (Lipinski definition) is 1. The van der Waals surface area contributed by atoms with Gasteiger partial charge in [0.15, 0.2) is 0 Å². The van der Waals surface area contributed by atoms with Crippen LogP contribution in [0, 0.1) is 0 Å². The van der Waals surface area contributed by atoms with Crippen molar-refractivity contribution >= 4 is 11.0 Å². The van der Waals surface area contributed by atoms with Crippen LogP contribution in [-0.2, 0) is 0 Å². The van der Waals surface area contributed by atoms with Gasteiger partial charge in [-0.05, 0) is 29.8 Å². The molecule has 0 aliphatic heterocycles. The Hall–Kier alpha value is -2.83. The number of alkyl halides is 3. The number of benzene rings is 2. The zero-order valence-corrected chi connectivity index (χ0v) is 11.0. The summed E-state index contributed by atoms with van der Waals surface area (Å²) >= 11 is 0. The second-order valence-corrected chi connectivity index (χ2v) is 4.46. The maximum atomic E-state index is 12.1. The van der Waals surface area contributed by atoms with E-state index in [0.29, 0.717) is 22.2 Å². The molecule has 7 heteroatoms. The quantitative estimate of drug-likeness (QED) is 0.780. The molecule has 0 amide bonds. The molecule has 0 unspecified atom stereocenters. The normalized spacial score (nSPS) is 11.6. The number of ether oxygens (including phenoxy) is 1. The number of phenolic OH excluding ortho intramolecular Hbond substituents is 1. The third-order valence-corrected chi connectivity index (χ3v) is 3.00. The van der Waals surface area contributed by atoms with Crippen molar-refractivity contribution in [3.63, 3.8) is 0 Å². The fourth-order valence-corrected chi connectivity index (χ4v) is 2.11. The Labute approximate surface area is 122 Å². The minimum Gasteiger partial charge on any atom is -0.506 e. The van der Waals surface area contributed by atoms with Gasteiger partial charge in [0.1, 0.15) is 22.5 Å². The summed E-state index contributed by atoms with van der Waals surface area (Å²) in [5, 5.41) is 9.77. The largest absolute Gasteiger partial charge is 0.573 e. The van der Waals surface area contributed by atoms with Crippen LogP contribution in [0.3, 0.4) is 0 Å². The average molecular weight is 306 g/mol. The van der Waals surface area contributed by atoms with E-state index >= 15 is 0 Å². The van der Waals surface area contributed by atoms with Gasteiger partial charge in [-0.1, -0.05) is 12.1 Å². The van der Waals surface area contributed by atoms with E-state index in [-0.39, 0.29) is 11.5 Å². The van der Waals surface area contributed by atoms with E-state index in [9.17, 15) is 18.3 Å². The predicted molar refractivity (Wildman–Crippen MR) is 73.3 cm³/mol. The molecule has 0 bridgehead atoms. The number of halogens is 3. The summed E-state index contributed by atoms with van der Waals surface area (Å²) in [6.45, 7) is 0. The van der Waals surface area contributed by atoms with Gasteiger partial charge in [0.05, 0.1) is 0 Å². The minimum atomic E-state index is -4.72. The minimum absolute atomic E-state index is 0.0103. The predicted octanol–water partition coefficient (Wildman–Crippen LogP) is 3.90. The van der Waals surface area contributed by atoms with Crippen molar-refractivity contribution < 1.29 is 23.0 Å². The van der Waals surface area contributed by atoms with Crippen LogP contribution in [0.4, 0.5) is 13.2 Å². The van der Waals surface area contributed by atoms with Gasteiger partial charge in [-0.15, -0.1) is 13.2 Å². The Morgan fingerprint density at radius 3 is 2.14 bits per heavy atom. The number of hydrogen-bond acceptors (Lipinski definition) is 4. The molecule has 2 aromatic carbocycles. The van der Waals surface area contributed by atoms with Crippen LogP contribution in [0.15, 0.2) is 48.8 Å². The molecule has 3 aromatic rings. The number of nitrogens with zero attached hydrogens (tertiary/aromatic N) is 2. The fourth-order valence-electron chi connectivity index (χ4n) is 2.11.